The third-order valence-corrected chi connectivity index (χ3v) is 2.48. The Balaban J connectivity index is 3.08. The van der Waals surface area contributed by atoms with Crippen molar-refractivity contribution in [2.45, 2.75) is 0 Å². The van der Waals surface area contributed by atoms with E-state index in [2.05, 4.69) is 6.07 Å². The summed E-state index contributed by atoms with van der Waals surface area (Å²) in [6.45, 7) is 0. The maximum absolute atomic E-state index is 5.67. The average molecular weight is 320 g/mol. The Labute approximate surface area is 69.5 Å². The van der Waals surface area contributed by atoms with Gasteiger partial charge in [0.25, 0.3) is 0 Å². The molecule has 0 unspecified atom stereocenters. The standard InChI is InChI=1S/C6H4Cl.Pb.H/c7-6-4-2-1-3-5-6;;/h1-2,4-5H;;. The van der Waals surface area contributed by atoms with E-state index in [0.29, 0.717) is 0 Å². The van der Waals surface area contributed by atoms with Crippen LogP contribution < -0.4 is 3.12 Å². The van der Waals surface area contributed by atoms with Crippen molar-refractivity contribution < 1.29 is 0 Å². The first-order valence-electron chi connectivity index (χ1n) is 2.30. The van der Waals surface area contributed by atoms with E-state index in [1.165, 1.54) is 3.12 Å². The number of rotatable bonds is 0. The summed E-state index contributed by atoms with van der Waals surface area (Å²) < 4.78 is 1.37. The Morgan fingerprint density at radius 2 is 2.12 bits per heavy atom. The Hall–Kier alpha value is 0.432. The van der Waals surface area contributed by atoms with Crippen molar-refractivity contribution in [1.82, 2.24) is 0 Å². The van der Waals surface area contributed by atoms with E-state index < -0.39 is 0 Å². The van der Waals surface area contributed by atoms with Crippen LogP contribution in [0.3, 0.4) is 0 Å². The summed E-state index contributed by atoms with van der Waals surface area (Å²) in [6, 6.07) is 7.98. The molecule has 0 heterocycles. The van der Waals surface area contributed by atoms with E-state index >= 15 is 0 Å². The van der Waals surface area contributed by atoms with E-state index in [0.717, 1.165) is 30.8 Å². The fourth-order valence-electron chi connectivity index (χ4n) is 0.507. The van der Waals surface area contributed by atoms with Crippen LogP contribution in [0, 0.1) is 0 Å². The monoisotopic (exact) mass is 320 g/mol. The van der Waals surface area contributed by atoms with Gasteiger partial charge in [-0.3, -0.25) is 0 Å². The molecule has 0 saturated heterocycles. The second kappa shape index (κ2) is 2.83. The molecule has 1 rings (SSSR count). The minimum absolute atomic E-state index is 0.852. The van der Waals surface area contributed by atoms with Gasteiger partial charge in [-0.15, -0.1) is 0 Å². The van der Waals surface area contributed by atoms with E-state index in [-0.39, 0.29) is 0 Å². The zero-order valence-electron chi connectivity index (χ0n) is 4.26. The van der Waals surface area contributed by atoms with Gasteiger partial charge in [-0.1, -0.05) is 0 Å². The van der Waals surface area contributed by atoms with Gasteiger partial charge in [0.15, 0.2) is 0 Å². The second-order valence-electron chi connectivity index (χ2n) is 1.56. The van der Waals surface area contributed by atoms with Crippen LogP contribution >= 0.6 is 11.6 Å². The molecular weight excluding hydrogens is 315 g/mol. The van der Waals surface area contributed by atoms with E-state index in [4.69, 9.17) is 11.6 Å². The van der Waals surface area contributed by atoms with Crippen LogP contribution in [0.15, 0.2) is 24.3 Å². The van der Waals surface area contributed by atoms with Crippen LogP contribution in [0.25, 0.3) is 0 Å². The van der Waals surface area contributed by atoms with Gasteiger partial charge in [-0.2, -0.15) is 0 Å². The average Bonchev–Trinajstić information content (AvgIpc) is 1.64. The van der Waals surface area contributed by atoms with Crippen LogP contribution in [0.4, 0.5) is 0 Å². The summed E-state index contributed by atoms with van der Waals surface area (Å²) in [7, 11) is 0. The quantitative estimate of drug-likeness (QED) is 0.623. The third kappa shape index (κ3) is 1.74. The molecule has 0 fully saturated rings. The molecular formula is C6H5ClPb. The molecule has 0 N–H and O–H groups in total. The van der Waals surface area contributed by atoms with Crippen LogP contribution in [0.2, 0.25) is 5.02 Å². The van der Waals surface area contributed by atoms with Crippen molar-refractivity contribution in [3.63, 3.8) is 0 Å². The van der Waals surface area contributed by atoms with Crippen molar-refractivity contribution in [2.75, 3.05) is 0 Å². The number of hydrogen-bond donors (Lipinski definition) is 0. The fraction of sp³-hybridized carbons (Fsp3) is 0. The van der Waals surface area contributed by atoms with Crippen LogP contribution in [-0.2, 0) is 0 Å². The molecule has 0 amide bonds. The molecule has 2 radical (unpaired) electrons. The number of halogens is 1. The molecule has 1 aromatic carbocycles. The maximum atomic E-state index is 5.67. The summed E-state index contributed by atoms with van der Waals surface area (Å²) in [6.07, 6.45) is 0. The van der Waals surface area contributed by atoms with E-state index in [9.17, 15) is 0 Å². The fourth-order valence-corrected chi connectivity index (χ4v) is 2.25. The zero-order valence-corrected chi connectivity index (χ0v) is 9.51. The van der Waals surface area contributed by atoms with E-state index in [1.807, 2.05) is 18.2 Å². The molecule has 0 aliphatic heterocycles. The van der Waals surface area contributed by atoms with Crippen molar-refractivity contribution in [2.24, 2.45) is 0 Å². The molecule has 0 aromatic heterocycles. The third-order valence-electron chi connectivity index (χ3n) is 0.849. The van der Waals surface area contributed by atoms with Gasteiger partial charge in [-0.05, 0) is 0 Å². The molecule has 0 saturated carbocycles. The molecule has 1 aromatic rings. The number of benzene rings is 1. The van der Waals surface area contributed by atoms with Crippen molar-refractivity contribution in [3.8, 4) is 0 Å². The second-order valence-corrected chi connectivity index (χ2v) is 4.58. The normalized spacial score (nSPS) is 9.25. The van der Waals surface area contributed by atoms with E-state index in [1.54, 1.807) is 0 Å². The zero-order chi connectivity index (χ0) is 5.98. The Kier molecular flexibility index (Phi) is 2.31. The van der Waals surface area contributed by atoms with Gasteiger partial charge >= 0.3 is 69.8 Å². The molecule has 8 heavy (non-hydrogen) atoms. The van der Waals surface area contributed by atoms with Gasteiger partial charge in [0.2, 0.25) is 0 Å². The summed E-state index contributed by atoms with van der Waals surface area (Å²) in [5, 5.41) is 0.852. The van der Waals surface area contributed by atoms with Crippen LogP contribution in [-0.4, -0.2) is 25.8 Å². The molecule has 40 valence electrons. The molecule has 0 spiro atoms. The van der Waals surface area contributed by atoms with Gasteiger partial charge in [0.1, 0.15) is 0 Å². The van der Waals surface area contributed by atoms with Gasteiger partial charge in [0.05, 0.1) is 0 Å². The Bertz CT molecular complexity index is 168. The molecule has 0 atom stereocenters. The van der Waals surface area contributed by atoms with Gasteiger partial charge in [0, 0.05) is 0 Å². The summed E-state index contributed by atoms with van der Waals surface area (Å²) in [4.78, 5) is 0. The van der Waals surface area contributed by atoms with Gasteiger partial charge in [-0.25, -0.2) is 0 Å². The Morgan fingerprint density at radius 3 is 2.50 bits per heavy atom. The van der Waals surface area contributed by atoms with Crippen molar-refractivity contribution >= 4 is 40.5 Å². The number of hydrogen-bond acceptors (Lipinski definition) is 0. The molecule has 0 aliphatic carbocycles. The minimum atomic E-state index is 0.852. The summed E-state index contributed by atoms with van der Waals surface area (Å²) in [5.41, 5.74) is 0. The van der Waals surface area contributed by atoms with Gasteiger partial charge < -0.3 is 0 Å². The summed E-state index contributed by atoms with van der Waals surface area (Å²) in [5.74, 6) is 0. The summed E-state index contributed by atoms with van der Waals surface area (Å²) >= 11 is 6.57. The first kappa shape index (κ1) is 6.55. The molecule has 0 aliphatic rings. The first-order chi connectivity index (χ1) is 3.79. The van der Waals surface area contributed by atoms with Crippen molar-refractivity contribution in [3.05, 3.63) is 29.3 Å². The molecule has 0 bridgehead atoms. The first-order valence-corrected chi connectivity index (χ1v) is 4.92. The predicted molar refractivity (Wildman–Crippen MR) is 38.2 cm³/mol. The van der Waals surface area contributed by atoms with Crippen molar-refractivity contribution in [1.29, 1.82) is 0 Å². The molecule has 0 nitrogen and oxygen atoms in total. The molecule has 2 heteroatoms. The van der Waals surface area contributed by atoms with Crippen LogP contribution in [0.5, 0.6) is 0 Å². The van der Waals surface area contributed by atoms with Crippen LogP contribution in [0.1, 0.15) is 0 Å². The topological polar surface area (TPSA) is 0 Å². The Morgan fingerprint density at radius 1 is 1.38 bits per heavy atom. The predicted octanol–water partition coefficient (Wildman–Crippen LogP) is 0.866. The SMILES string of the molecule is Clc1ccc[c]([PbH])c1.